The summed E-state index contributed by atoms with van der Waals surface area (Å²) in [4.78, 5) is 25.5. The number of nitrogens with one attached hydrogen (secondary N) is 2. The van der Waals surface area contributed by atoms with Crippen LogP contribution in [0.5, 0.6) is 5.75 Å². The molecule has 0 unspecified atom stereocenters. The molecule has 6 nitrogen and oxygen atoms in total. The van der Waals surface area contributed by atoms with Crippen molar-refractivity contribution in [1.82, 2.24) is 4.98 Å². The van der Waals surface area contributed by atoms with Crippen LogP contribution in [0.2, 0.25) is 0 Å². The van der Waals surface area contributed by atoms with Crippen LogP contribution in [0.25, 0.3) is 11.1 Å². The van der Waals surface area contributed by atoms with Crippen molar-refractivity contribution in [3.05, 3.63) is 58.8 Å². The lowest BCUT2D eigenvalue weighted by Gasteiger charge is -2.07. The first-order valence-corrected chi connectivity index (χ1v) is 7.41. The zero-order valence-electron chi connectivity index (χ0n) is 12.7. The predicted molar refractivity (Wildman–Crippen MR) is 86.6 cm³/mol. The second-order valence-corrected chi connectivity index (χ2v) is 5.18. The fourth-order valence-corrected chi connectivity index (χ4v) is 2.23. The fraction of sp³-hybridized carbons (Fsp3) is 0.176. The highest BCUT2D eigenvalue weighted by molar-refractivity contribution is 5.92. The van der Waals surface area contributed by atoms with E-state index in [0.717, 1.165) is 0 Å². The summed E-state index contributed by atoms with van der Waals surface area (Å²) < 4.78 is 23.3. The standard InChI is InChI=1S/C17H15FN2O4/c18-11-3-1-4-13(9-11)23-8-2-5-16(21)19-12-6-7-15-14(10-12)20-17(22)24-15/h1,3-4,6-7,9-10H,2,5,8H2,(H,19,21)(H,20,22). The van der Waals surface area contributed by atoms with Crippen molar-refractivity contribution in [2.75, 3.05) is 11.9 Å². The lowest BCUT2D eigenvalue weighted by molar-refractivity contribution is -0.116. The molecule has 1 heterocycles. The number of hydrogen-bond donors (Lipinski definition) is 2. The molecule has 1 aromatic heterocycles. The number of oxazole rings is 1. The Balaban J connectivity index is 1.47. The molecule has 0 spiro atoms. The monoisotopic (exact) mass is 330 g/mol. The normalized spacial score (nSPS) is 10.7. The third kappa shape index (κ3) is 4.01. The lowest BCUT2D eigenvalue weighted by Crippen LogP contribution is -2.12. The second kappa shape index (κ2) is 6.99. The van der Waals surface area contributed by atoms with Crippen molar-refractivity contribution >= 4 is 22.7 Å². The van der Waals surface area contributed by atoms with Gasteiger partial charge in [-0.1, -0.05) is 6.07 Å². The third-order valence-electron chi connectivity index (χ3n) is 3.32. The van der Waals surface area contributed by atoms with Gasteiger partial charge >= 0.3 is 5.76 Å². The minimum atomic E-state index is -0.539. The Morgan fingerprint density at radius 3 is 2.96 bits per heavy atom. The summed E-state index contributed by atoms with van der Waals surface area (Å²) >= 11 is 0. The van der Waals surface area contributed by atoms with Crippen LogP contribution >= 0.6 is 0 Å². The van der Waals surface area contributed by atoms with Crippen LogP contribution < -0.4 is 15.8 Å². The number of hydrogen-bond acceptors (Lipinski definition) is 4. The molecule has 0 aliphatic heterocycles. The predicted octanol–water partition coefficient (Wildman–Crippen LogP) is 3.06. The Bertz CT molecular complexity index is 916. The van der Waals surface area contributed by atoms with E-state index < -0.39 is 5.76 Å². The van der Waals surface area contributed by atoms with Gasteiger partial charge in [0.05, 0.1) is 12.1 Å². The Kier molecular flexibility index (Phi) is 4.60. The number of ether oxygens (including phenoxy) is 1. The van der Waals surface area contributed by atoms with Gasteiger partial charge < -0.3 is 14.5 Å². The lowest BCUT2D eigenvalue weighted by atomic mass is 10.2. The molecule has 3 rings (SSSR count). The summed E-state index contributed by atoms with van der Waals surface area (Å²) in [6.07, 6.45) is 0.752. The topological polar surface area (TPSA) is 84.3 Å². The van der Waals surface area contributed by atoms with Crippen LogP contribution in [0.15, 0.2) is 51.7 Å². The number of carbonyl (C=O) groups excluding carboxylic acids is 1. The Morgan fingerprint density at radius 1 is 1.25 bits per heavy atom. The van der Waals surface area contributed by atoms with Gasteiger partial charge in [-0.15, -0.1) is 0 Å². The number of aromatic nitrogens is 1. The number of fused-ring (bicyclic) bond motifs is 1. The van der Waals surface area contributed by atoms with Crippen LogP contribution in [0.1, 0.15) is 12.8 Å². The fourth-order valence-electron chi connectivity index (χ4n) is 2.23. The SMILES string of the molecule is O=C(CCCOc1cccc(F)c1)Nc1ccc2oc(=O)[nH]c2c1. The van der Waals surface area contributed by atoms with E-state index in [4.69, 9.17) is 9.15 Å². The molecule has 0 saturated heterocycles. The van der Waals surface area contributed by atoms with E-state index in [0.29, 0.717) is 35.6 Å². The van der Waals surface area contributed by atoms with Crippen LogP contribution in [-0.2, 0) is 4.79 Å². The van der Waals surface area contributed by atoms with Gasteiger partial charge in [0.25, 0.3) is 0 Å². The summed E-state index contributed by atoms with van der Waals surface area (Å²) in [5, 5.41) is 2.73. The van der Waals surface area contributed by atoms with Crippen LogP contribution in [0.4, 0.5) is 10.1 Å². The highest BCUT2D eigenvalue weighted by Crippen LogP contribution is 2.16. The average Bonchev–Trinajstić information content (AvgIpc) is 2.91. The number of benzene rings is 2. The highest BCUT2D eigenvalue weighted by Gasteiger charge is 2.06. The van der Waals surface area contributed by atoms with Gasteiger partial charge in [-0.05, 0) is 36.8 Å². The van der Waals surface area contributed by atoms with Crippen molar-refractivity contribution in [3.63, 3.8) is 0 Å². The van der Waals surface area contributed by atoms with Crippen LogP contribution in [0, 0.1) is 5.82 Å². The number of carbonyl (C=O) groups is 1. The van der Waals surface area contributed by atoms with E-state index in [9.17, 15) is 14.0 Å². The Labute approximate surface area is 136 Å². The summed E-state index contributed by atoms with van der Waals surface area (Å²) in [7, 11) is 0. The Morgan fingerprint density at radius 2 is 2.12 bits per heavy atom. The molecule has 24 heavy (non-hydrogen) atoms. The molecule has 124 valence electrons. The second-order valence-electron chi connectivity index (χ2n) is 5.18. The number of H-pyrrole nitrogens is 1. The molecule has 0 aliphatic carbocycles. The number of halogens is 1. The van der Waals surface area contributed by atoms with Crippen molar-refractivity contribution in [2.24, 2.45) is 0 Å². The zero-order valence-corrected chi connectivity index (χ0v) is 12.7. The maximum atomic E-state index is 13.0. The Hall–Kier alpha value is -3.09. The largest absolute Gasteiger partial charge is 0.493 e. The number of anilines is 1. The van der Waals surface area contributed by atoms with Crippen LogP contribution in [0.3, 0.4) is 0 Å². The van der Waals surface area contributed by atoms with Gasteiger partial charge in [-0.2, -0.15) is 0 Å². The molecule has 0 saturated carbocycles. The van der Waals surface area contributed by atoms with E-state index in [-0.39, 0.29) is 18.1 Å². The maximum Gasteiger partial charge on any atom is 0.417 e. The summed E-state index contributed by atoms with van der Waals surface area (Å²) in [5.74, 6) is -0.645. The zero-order chi connectivity index (χ0) is 16.9. The van der Waals surface area contributed by atoms with Crippen LogP contribution in [-0.4, -0.2) is 17.5 Å². The van der Waals surface area contributed by atoms with Crippen molar-refractivity contribution in [3.8, 4) is 5.75 Å². The van der Waals surface area contributed by atoms with Crippen molar-refractivity contribution in [2.45, 2.75) is 12.8 Å². The molecular weight excluding hydrogens is 315 g/mol. The average molecular weight is 330 g/mol. The molecule has 2 N–H and O–H groups in total. The number of amides is 1. The highest BCUT2D eigenvalue weighted by atomic mass is 19.1. The molecule has 3 aromatic rings. The minimum absolute atomic E-state index is 0.178. The molecule has 0 fully saturated rings. The first-order valence-electron chi connectivity index (χ1n) is 7.41. The summed E-state index contributed by atoms with van der Waals surface area (Å²) in [5.41, 5.74) is 1.52. The quantitative estimate of drug-likeness (QED) is 0.680. The number of rotatable bonds is 6. The van der Waals surface area contributed by atoms with E-state index in [2.05, 4.69) is 10.3 Å². The van der Waals surface area contributed by atoms with Gasteiger partial charge in [-0.25, -0.2) is 9.18 Å². The van der Waals surface area contributed by atoms with Gasteiger partial charge in [-0.3, -0.25) is 9.78 Å². The molecule has 0 bridgehead atoms. The third-order valence-corrected chi connectivity index (χ3v) is 3.32. The first kappa shape index (κ1) is 15.8. The molecular formula is C17H15FN2O4. The van der Waals surface area contributed by atoms with E-state index in [1.807, 2.05) is 0 Å². The van der Waals surface area contributed by atoms with Crippen molar-refractivity contribution in [1.29, 1.82) is 0 Å². The summed E-state index contributed by atoms with van der Waals surface area (Å²) in [6.45, 7) is 0.310. The number of aromatic amines is 1. The van der Waals surface area contributed by atoms with Crippen molar-refractivity contribution < 1.29 is 18.3 Å². The molecule has 7 heteroatoms. The van der Waals surface area contributed by atoms with E-state index in [1.54, 1.807) is 30.3 Å². The van der Waals surface area contributed by atoms with Gasteiger partial charge in [0.15, 0.2) is 5.58 Å². The molecule has 0 aliphatic rings. The smallest absolute Gasteiger partial charge is 0.417 e. The molecule has 2 aromatic carbocycles. The van der Waals surface area contributed by atoms with Gasteiger partial charge in [0.1, 0.15) is 11.6 Å². The minimum Gasteiger partial charge on any atom is -0.493 e. The van der Waals surface area contributed by atoms with Gasteiger partial charge in [0.2, 0.25) is 5.91 Å². The van der Waals surface area contributed by atoms with E-state index in [1.165, 1.54) is 12.1 Å². The molecule has 0 atom stereocenters. The maximum absolute atomic E-state index is 13.0. The first-order chi connectivity index (χ1) is 11.6. The van der Waals surface area contributed by atoms with Gasteiger partial charge in [0, 0.05) is 18.2 Å². The molecule has 0 radical (unpaired) electrons. The van der Waals surface area contributed by atoms with E-state index >= 15 is 0 Å². The molecule has 1 amide bonds. The summed E-state index contributed by atoms with van der Waals surface area (Å²) in [6, 6.07) is 10.7.